The molecule has 144 valence electrons. The van der Waals surface area contributed by atoms with Gasteiger partial charge in [0.25, 0.3) is 0 Å². The Morgan fingerprint density at radius 3 is 2.57 bits per heavy atom. The summed E-state index contributed by atoms with van der Waals surface area (Å²) in [5.41, 5.74) is 5.69. The lowest BCUT2D eigenvalue weighted by atomic mass is 9.76. The first-order valence-electron chi connectivity index (χ1n) is 9.81. The molecular formula is C24H25NO3. The smallest absolute Gasteiger partial charge is 0.232 e. The van der Waals surface area contributed by atoms with E-state index >= 15 is 0 Å². The fourth-order valence-corrected chi connectivity index (χ4v) is 4.47. The molecule has 1 unspecified atom stereocenters. The van der Waals surface area contributed by atoms with Crippen molar-refractivity contribution in [2.45, 2.75) is 45.4 Å². The van der Waals surface area contributed by atoms with E-state index in [9.17, 15) is 9.59 Å². The number of anilines is 1. The van der Waals surface area contributed by atoms with Crippen LogP contribution < -0.4 is 9.64 Å². The Bertz CT molecular complexity index is 989. The molecule has 0 fully saturated rings. The summed E-state index contributed by atoms with van der Waals surface area (Å²) in [6.07, 6.45) is 2.34. The Hall–Kier alpha value is -2.88. The highest BCUT2D eigenvalue weighted by molar-refractivity contribution is 6.07. The largest absolute Gasteiger partial charge is 0.496 e. The summed E-state index contributed by atoms with van der Waals surface area (Å²) in [6.45, 7) is 4.08. The first-order valence-corrected chi connectivity index (χ1v) is 9.81. The lowest BCUT2D eigenvalue weighted by Crippen LogP contribution is -2.41. The molecule has 4 rings (SSSR count). The molecule has 2 aromatic rings. The monoisotopic (exact) mass is 375 g/mol. The molecule has 4 nitrogen and oxygen atoms in total. The van der Waals surface area contributed by atoms with Crippen LogP contribution in [-0.4, -0.2) is 18.8 Å². The van der Waals surface area contributed by atoms with Crippen LogP contribution in [-0.2, 0) is 9.59 Å². The standard InChI is InChI=1S/C24H25NO3/c1-15-8-6-10-19(16(15)2)25-20-11-7-12-21(26)24(20)18(14-23(25)27)17-9-4-5-13-22(17)28-3/h4-6,8-10,13,18H,7,11-12,14H2,1-3H3. The summed E-state index contributed by atoms with van der Waals surface area (Å²) >= 11 is 0. The van der Waals surface area contributed by atoms with Crippen molar-refractivity contribution < 1.29 is 14.3 Å². The van der Waals surface area contributed by atoms with E-state index in [1.807, 2.05) is 56.3 Å². The number of carbonyl (C=O) groups excluding carboxylic acids is 2. The van der Waals surface area contributed by atoms with Crippen LogP contribution in [0, 0.1) is 13.8 Å². The number of carbonyl (C=O) groups is 2. The van der Waals surface area contributed by atoms with E-state index in [1.54, 1.807) is 12.0 Å². The third-order valence-electron chi connectivity index (χ3n) is 6.01. The van der Waals surface area contributed by atoms with Gasteiger partial charge in [0.15, 0.2) is 5.78 Å². The van der Waals surface area contributed by atoms with Crippen molar-refractivity contribution in [3.05, 3.63) is 70.4 Å². The summed E-state index contributed by atoms with van der Waals surface area (Å²) in [7, 11) is 1.63. The van der Waals surface area contributed by atoms with E-state index in [4.69, 9.17) is 4.74 Å². The van der Waals surface area contributed by atoms with Crippen molar-refractivity contribution in [2.75, 3.05) is 12.0 Å². The van der Waals surface area contributed by atoms with Crippen LogP contribution in [0.3, 0.4) is 0 Å². The number of Topliss-reactive ketones (excluding diaryl/α,β-unsaturated/α-hetero) is 1. The predicted octanol–water partition coefficient (Wildman–Crippen LogP) is 4.84. The van der Waals surface area contributed by atoms with Crippen LogP contribution in [0.25, 0.3) is 0 Å². The lowest BCUT2D eigenvalue weighted by molar-refractivity contribution is -0.119. The van der Waals surface area contributed by atoms with Crippen LogP contribution in [0.5, 0.6) is 5.75 Å². The number of para-hydroxylation sites is 1. The molecule has 2 aliphatic rings. The molecule has 1 aliphatic heterocycles. The van der Waals surface area contributed by atoms with E-state index in [-0.39, 0.29) is 24.0 Å². The molecular weight excluding hydrogens is 350 g/mol. The lowest BCUT2D eigenvalue weighted by Gasteiger charge is -2.39. The van der Waals surface area contributed by atoms with E-state index < -0.39 is 0 Å². The molecule has 0 spiro atoms. The minimum absolute atomic E-state index is 0.0399. The molecule has 0 radical (unpaired) electrons. The number of nitrogens with zero attached hydrogens (tertiary/aromatic N) is 1. The number of amides is 1. The zero-order valence-electron chi connectivity index (χ0n) is 16.6. The first-order chi connectivity index (χ1) is 13.5. The summed E-state index contributed by atoms with van der Waals surface area (Å²) in [4.78, 5) is 28.2. The van der Waals surface area contributed by atoms with Crippen molar-refractivity contribution in [1.82, 2.24) is 0 Å². The van der Waals surface area contributed by atoms with Gasteiger partial charge in [-0.15, -0.1) is 0 Å². The number of aryl methyl sites for hydroxylation is 1. The maximum absolute atomic E-state index is 13.3. The molecule has 0 saturated carbocycles. The van der Waals surface area contributed by atoms with Gasteiger partial charge in [-0.05, 0) is 49.9 Å². The van der Waals surface area contributed by atoms with Crippen molar-refractivity contribution >= 4 is 17.4 Å². The summed E-state index contributed by atoms with van der Waals surface area (Å²) in [5, 5.41) is 0. The molecule has 4 heteroatoms. The quantitative estimate of drug-likeness (QED) is 0.771. The molecule has 0 bridgehead atoms. The van der Waals surface area contributed by atoms with Gasteiger partial charge in [-0.25, -0.2) is 0 Å². The SMILES string of the molecule is COc1ccccc1C1CC(=O)N(c2cccc(C)c2C)C2=C1C(=O)CCC2. The van der Waals surface area contributed by atoms with Gasteiger partial charge in [0.1, 0.15) is 5.75 Å². The van der Waals surface area contributed by atoms with E-state index in [1.165, 1.54) is 0 Å². The van der Waals surface area contributed by atoms with Crippen LogP contribution in [0.4, 0.5) is 5.69 Å². The molecule has 0 aromatic heterocycles. The average molecular weight is 375 g/mol. The number of ether oxygens (including phenoxy) is 1. The topological polar surface area (TPSA) is 46.6 Å². The number of allylic oxidation sites excluding steroid dienone is 2. The van der Waals surface area contributed by atoms with Gasteiger partial charge in [-0.2, -0.15) is 0 Å². The average Bonchev–Trinajstić information content (AvgIpc) is 2.70. The Kier molecular flexibility index (Phi) is 4.80. The summed E-state index contributed by atoms with van der Waals surface area (Å²) < 4.78 is 5.54. The predicted molar refractivity (Wildman–Crippen MR) is 110 cm³/mol. The number of hydrogen-bond acceptors (Lipinski definition) is 3. The third kappa shape index (κ3) is 2.93. The fourth-order valence-electron chi connectivity index (χ4n) is 4.47. The highest BCUT2D eigenvalue weighted by atomic mass is 16.5. The molecule has 0 N–H and O–H groups in total. The van der Waals surface area contributed by atoms with Gasteiger partial charge in [0.2, 0.25) is 5.91 Å². The highest BCUT2D eigenvalue weighted by Crippen LogP contribution is 2.46. The van der Waals surface area contributed by atoms with E-state index in [0.29, 0.717) is 6.42 Å². The first kappa shape index (κ1) is 18.5. The normalized spacial score (nSPS) is 19.7. The van der Waals surface area contributed by atoms with E-state index in [2.05, 4.69) is 0 Å². The van der Waals surface area contributed by atoms with Gasteiger partial charge in [0.05, 0.1) is 12.8 Å². The second kappa shape index (κ2) is 7.27. The van der Waals surface area contributed by atoms with Gasteiger partial charge < -0.3 is 4.74 Å². The molecule has 28 heavy (non-hydrogen) atoms. The van der Waals surface area contributed by atoms with Gasteiger partial charge in [0, 0.05) is 35.6 Å². The van der Waals surface area contributed by atoms with Crippen molar-refractivity contribution in [2.24, 2.45) is 0 Å². The Labute approximate surface area is 165 Å². The molecule has 1 aliphatic carbocycles. The van der Waals surface area contributed by atoms with Crippen LogP contribution >= 0.6 is 0 Å². The number of rotatable bonds is 3. The number of benzene rings is 2. The zero-order valence-corrected chi connectivity index (χ0v) is 16.6. The molecule has 1 atom stereocenters. The number of methoxy groups -OCH3 is 1. The zero-order chi connectivity index (χ0) is 19.8. The van der Waals surface area contributed by atoms with Gasteiger partial charge in [-0.1, -0.05) is 30.3 Å². The van der Waals surface area contributed by atoms with Crippen molar-refractivity contribution in [3.8, 4) is 5.75 Å². The molecule has 2 aromatic carbocycles. The number of ketones is 1. The second-order valence-corrected chi connectivity index (χ2v) is 7.58. The third-order valence-corrected chi connectivity index (χ3v) is 6.01. The Morgan fingerprint density at radius 2 is 1.79 bits per heavy atom. The molecule has 1 heterocycles. The summed E-state index contributed by atoms with van der Waals surface area (Å²) in [6, 6.07) is 13.7. The van der Waals surface area contributed by atoms with Crippen molar-refractivity contribution in [3.63, 3.8) is 0 Å². The molecule has 1 amide bonds. The maximum Gasteiger partial charge on any atom is 0.232 e. The summed E-state index contributed by atoms with van der Waals surface area (Å²) in [5.74, 6) is 0.677. The van der Waals surface area contributed by atoms with E-state index in [0.717, 1.165) is 52.2 Å². The van der Waals surface area contributed by atoms with Gasteiger partial charge >= 0.3 is 0 Å². The second-order valence-electron chi connectivity index (χ2n) is 7.58. The maximum atomic E-state index is 13.3. The van der Waals surface area contributed by atoms with Crippen LogP contribution in [0.1, 0.15) is 48.3 Å². The molecule has 0 saturated heterocycles. The number of hydrogen-bond donors (Lipinski definition) is 0. The minimum atomic E-state index is -0.243. The highest BCUT2D eigenvalue weighted by Gasteiger charge is 2.40. The Morgan fingerprint density at radius 1 is 1.00 bits per heavy atom. The van der Waals surface area contributed by atoms with Gasteiger partial charge in [-0.3, -0.25) is 14.5 Å². The minimum Gasteiger partial charge on any atom is -0.496 e. The Balaban J connectivity index is 1.91. The van der Waals surface area contributed by atoms with Crippen LogP contribution in [0.2, 0.25) is 0 Å². The van der Waals surface area contributed by atoms with Crippen molar-refractivity contribution in [1.29, 1.82) is 0 Å². The van der Waals surface area contributed by atoms with Crippen LogP contribution in [0.15, 0.2) is 53.7 Å². The fraction of sp³-hybridized carbons (Fsp3) is 0.333.